The van der Waals surface area contributed by atoms with Gasteiger partial charge in [0.15, 0.2) is 0 Å². The molecular weight excluding hydrogens is 358 g/mol. The zero-order chi connectivity index (χ0) is 19.7. The van der Waals surface area contributed by atoms with Gasteiger partial charge in [-0.15, -0.1) is 0 Å². The molecule has 0 saturated carbocycles. The normalized spacial score (nSPS) is 12.8. The van der Waals surface area contributed by atoms with Gasteiger partial charge in [0.25, 0.3) is 17.5 Å². The Morgan fingerprint density at radius 2 is 1.36 bits per heavy atom. The van der Waals surface area contributed by atoms with Gasteiger partial charge in [-0.05, 0) is 30.3 Å². The molecule has 0 radical (unpaired) electrons. The van der Waals surface area contributed by atoms with Gasteiger partial charge in [-0.25, -0.2) is 0 Å². The van der Waals surface area contributed by atoms with Gasteiger partial charge in [0, 0.05) is 17.4 Å². The maximum Gasteiger partial charge on any atom is 0.282 e. The molecule has 1 heterocycles. The van der Waals surface area contributed by atoms with Crippen LogP contribution in [0.15, 0.2) is 78.9 Å². The molecule has 138 valence electrons. The van der Waals surface area contributed by atoms with Crippen LogP contribution >= 0.6 is 0 Å². The molecule has 0 aliphatic carbocycles. The van der Waals surface area contributed by atoms with E-state index in [0.29, 0.717) is 0 Å². The van der Waals surface area contributed by atoms with Crippen molar-refractivity contribution in [2.24, 2.45) is 0 Å². The number of carbonyl (C=O) groups excluding carboxylic acids is 2. The Labute approximate surface area is 160 Å². The smallest absolute Gasteiger partial charge is 0.282 e. The van der Waals surface area contributed by atoms with Crippen LogP contribution in [0.1, 0.15) is 20.7 Å². The molecule has 4 rings (SSSR count). The van der Waals surface area contributed by atoms with Crippen LogP contribution < -0.4 is 4.90 Å². The number of nitro groups is 1. The van der Waals surface area contributed by atoms with Crippen LogP contribution in [0.25, 0.3) is 0 Å². The molecule has 0 aromatic heterocycles. The van der Waals surface area contributed by atoms with E-state index in [2.05, 4.69) is 0 Å². The van der Waals surface area contributed by atoms with Crippen LogP contribution in [-0.4, -0.2) is 28.3 Å². The van der Waals surface area contributed by atoms with E-state index < -0.39 is 16.7 Å². The van der Waals surface area contributed by atoms with Crippen LogP contribution in [0.4, 0.5) is 17.1 Å². The number of imide groups is 1. The van der Waals surface area contributed by atoms with Gasteiger partial charge in [-0.1, -0.05) is 42.5 Å². The first-order valence-electron chi connectivity index (χ1n) is 8.59. The van der Waals surface area contributed by atoms with E-state index in [1.165, 1.54) is 18.2 Å². The third kappa shape index (κ3) is 2.88. The Morgan fingerprint density at radius 3 is 1.89 bits per heavy atom. The fourth-order valence-electron chi connectivity index (χ4n) is 3.27. The maximum atomic E-state index is 12.9. The Morgan fingerprint density at radius 1 is 0.786 bits per heavy atom. The summed E-state index contributed by atoms with van der Waals surface area (Å²) in [5.41, 5.74) is 1.13. The van der Waals surface area contributed by atoms with Crippen LogP contribution in [0.3, 0.4) is 0 Å². The van der Waals surface area contributed by atoms with Gasteiger partial charge < -0.3 is 4.90 Å². The molecule has 0 bridgehead atoms. The molecule has 7 nitrogen and oxygen atoms in total. The first kappa shape index (κ1) is 17.4. The zero-order valence-electron chi connectivity index (χ0n) is 14.7. The van der Waals surface area contributed by atoms with E-state index in [-0.39, 0.29) is 23.5 Å². The lowest BCUT2D eigenvalue weighted by Gasteiger charge is -2.28. The fourth-order valence-corrected chi connectivity index (χ4v) is 3.27. The standard InChI is InChI=1S/C21H15N3O4/c25-20-17-12-7-13-18(24(27)28)19(17)21(26)23(20)14-22(15-8-3-1-4-9-15)16-10-5-2-6-11-16/h1-13H,14H2. The van der Waals surface area contributed by atoms with Crippen LogP contribution in [0, 0.1) is 10.1 Å². The summed E-state index contributed by atoms with van der Waals surface area (Å²) < 4.78 is 0. The molecule has 0 saturated heterocycles. The monoisotopic (exact) mass is 373 g/mol. The molecule has 7 heteroatoms. The molecule has 1 aliphatic rings. The second-order valence-corrected chi connectivity index (χ2v) is 6.24. The number of anilines is 2. The molecule has 0 N–H and O–H groups in total. The highest BCUT2D eigenvalue weighted by atomic mass is 16.6. The quantitative estimate of drug-likeness (QED) is 0.384. The Balaban J connectivity index is 1.74. The Hall–Kier alpha value is -4.00. The minimum atomic E-state index is -0.663. The van der Waals surface area contributed by atoms with Crippen molar-refractivity contribution in [3.8, 4) is 0 Å². The molecule has 2 amide bonds. The average molecular weight is 373 g/mol. The van der Waals surface area contributed by atoms with Crippen molar-refractivity contribution in [3.63, 3.8) is 0 Å². The molecule has 0 spiro atoms. The van der Waals surface area contributed by atoms with E-state index in [0.717, 1.165) is 16.3 Å². The Kier molecular flexibility index (Phi) is 4.33. The second-order valence-electron chi connectivity index (χ2n) is 6.24. The van der Waals surface area contributed by atoms with Gasteiger partial charge >= 0.3 is 0 Å². The summed E-state index contributed by atoms with van der Waals surface area (Å²) in [6, 6.07) is 22.8. The first-order chi connectivity index (χ1) is 13.6. The van der Waals surface area contributed by atoms with Crippen molar-refractivity contribution < 1.29 is 14.5 Å². The number of fused-ring (bicyclic) bond motifs is 1. The summed E-state index contributed by atoms with van der Waals surface area (Å²) >= 11 is 0. The lowest BCUT2D eigenvalue weighted by atomic mass is 10.1. The van der Waals surface area contributed by atoms with Crippen molar-refractivity contribution in [1.82, 2.24) is 4.90 Å². The summed E-state index contributed by atoms with van der Waals surface area (Å²) in [5, 5.41) is 11.3. The van der Waals surface area contributed by atoms with Gasteiger partial charge in [-0.2, -0.15) is 0 Å². The highest BCUT2D eigenvalue weighted by Crippen LogP contribution is 2.33. The predicted octanol–water partition coefficient (Wildman–Crippen LogP) is 3.99. The molecule has 3 aromatic rings. The van der Waals surface area contributed by atoms with Gasteiger partial charge in [0.05, 0.1) is 10.5 Å². The van der Waals surface area contributed by atoms with E-state index >= 15 is 0 Å². The largest absolute Gasteiger partial charge is 0.323 e. The van der Waals surface area contributed by atoms with Gasteiger partial charge in [0.1, 0.15) is 12.2 Å². The van der Waals surface area contributed by atoms with Crippen molar-refractivity contribution in [2.75, 3.05) is 11.6 Å². The topological polar surface area (TPSA) is 83.8 Å². The fraction of sp³-hybridized carbons (Fsp3) is 0.0476. The van der Waals surface area contributed by atoms with Crippen LogP contribution in [0.2, 0.25) is 0 Å². The highest BCUT2D eigenvalue weighted by molar-refractivity contribution is 6.23. The molecular formula is C21H15N3O4. The van der Waals surface area contributed by atoms with E-state index in [1.54, 1.807) is 0 Å². The minimum Gasteiger partial charge on any atom is -0.323 e. The van der Waals surface area contributed by atoms with Gasteiger partial charge in [0.2, 0.25) is 0 Å². The summed E-state index contributed by atoms with van der Waals surface area (Å²) in [4.78, 5) is 39.3. The lowest BCUT2D eigenvalue weighted by Crippen LogP contribution is -2.39. The molecule has 0 fully saturated rings. The zero-order valence-corrected chi connectivity index (χ0v) is 14.7. The summed E-state index contributed by atoms with van der Waals surface area (Å²) in [6.45, 7) is -0.0580. The van der Waals surface area contributed by atoms with E-state index in [4.69, 9.17) is 0 Å². The first-order valence-corrected chi connectivity index (χ1v) is 8.59. The molecule has 1 aliphatic heterocycles. The Bertz CT molecular complexity index is 1030. The highest BCUT2D eigenvalue weighted by Gasteiger charge is 2.41. The molecule has 28 heavy (non-hydrogen) atoms. The number of hydrogen-bond donors (Lipinski definition) is 0. The van der Waals surface area contributed by atoms with Crippen molar-refractivity contribution in [3.05, 3.63) is 100 Å². The van der Waals surface area contributed by atoms with E-state index in [1.807, 2.05) is 65.6 Å². The predicted molar refractivity (Wildman–Crippen MR) is 103 cm³/mol. The summed E-state index contributed by atoms with van der Waals surface area (Å²) in [7, 11) is 0. The number of carbonyl (C=O) groups is 2. The van der Waals surface area contributed by atoms with Crippen molar-refractivity contribution in [2.45, 2.75) is 0 Å². The third-order valence-electron chi connectivity index (χ3n) is 4.59. The number of benzene rings is 3. The van der Waals surface area contributed by atoms with Gasteiger partial charge in [-0.3, -0.25) is 24.6 Å². The van der Waals surface area contributed by atoms with Crippen molar-refractivity contribution in [1.29, 1.82) is 0 Å². The minimum absolute atomic E-state index is 0.0558. The SMILES string of the molecule is O=C1c2cccc([N+](=O)[O-])c2C(=O)N1CN(c1ccccc1)c1ccccc1. The summed E-state index contributed by atoms with van der Waals surface area (Å²) in [5.74, 6) is -1.20. The van der Waals surface area contributed by atoms with Crippen LogP contribution in [0.5, 0.6) is 0 Å². The number of amides is 2. The number of para-hydroxylation sites is 2. The number of hydrogen-bond acceptors (Lipinski definition) is 5. The number of rotatable bonds is 5. The third-order valence-corrected chi connectivity index (χ3v) is 4.59. The number of nitro benzene ring substituents is 1. The molecule has 0 atom stereocenters. The molecule has 0 unspecified atom stereocenters. The second kappa shape index (κ2) is 6.96. The molecule has 3 aromatic carbocycles. The maximum absolute atomic E-state index is 12.9. The summed E-state index contributed by atoms with van der Waals surface area (Å²) in [6.07, 6.45) is 0. The number of nitrogens with zero attached hydrogens (tertiary/aromatic N) is 3. The van der Waals surface area contributed by atoms with Crippen molar-refractivity contribution >= 4 is 28.9 Å². The average Bonchev–Trinajstić information content (AvgIpc) is 2.97. The van der Waals surface area contributed by atoms with Crippen LogP contribution in [-0.2, 0) is 0 Å². The van der Waals surface area contributed by atoms with E-state index in [9.17, 15) is 19.7 Å². The lowest BCUT2D eigenvalue weighted by molar-refractivity contribution is -0.385.